The number of hydrogen-bond acceptors (Lipinski definition) is 3. The number of thiazole rings is 1. The topological polar surface area (TPSA) is 42.0 Å². The first kappa shape index (κ1) is 17.1. The minimum atomic E-state index is -0.934. The van der Waals surface area contributed by atoms with Crippen LogP contribution in [0.5, 0.6) is 0 Å². The van der Waals surface area contributed by atoms with Gasteiger partial charge in [-0.25, -0.2) is 22.5 Å². The molecule has 0 aliphatic heterocycles. The molecule has 2 aromatic carbocycles. The molecule has 1 heterocycles. The Balaban J connectivity index is 1.97. The van der Waals surface area contributed by atoms with Gasteiger partial charge in [0.05, 0.1) is 11.3 Å². The molecule has 3 rings (SSSR count). The Morgan fingerprint density at radius 1 is 0.960 bits per heavy atom. The van der Waals surface area contributed by atoms with Crippen LogP contribution in [0.2, 0.25) is 0 Å². The van der Waals surface area contributed by atoms with E-state index >= 15 is 0 Å². The lowest BCUT2D eigenvalue weighted by atomic mass is 10.2. The third-order valence-corrected chi connectivity index (χ3v) is 4.55. The summed E-state index contributed by atoms with van der Waals surface area (Å²) in [6.45, 7) is 1.46. The van der Waals surface area contributed by atoms with E-state index in [1.54, 1.807) is 0 Å². The van der Waals surface area contributed by atoms with E-state index in [4.69, 9.17) is 0 Å². The molecule has 1 aromatic heterocycles. The molecule has 25 heavy (non-hydrogen) atoms. The van der Waals surface area contributed by atoms with E-state index in [0.717, 1.165) is 41.7 Å². The predicted molar refractivity (Wildman–Crippen MR) is 86.5 cm³/mol. The number of nitrogens with zero attached hydrogens (tertiary/aromatic N) is 1. The van der Waals surface area contributed by atoms with Crippen molar-refractivity contribution in [1.29, 1.82) is 0 Å². The van der Waals surface area contributed by atoms with Crippen LogP contribution in [-0.4, -0.2) is 10.9 Å². The molecule has 3 aromatic rings. The molecule has 0 bridgehead atoms. The fourth-order valence-corrected chi connectivity index (χ4v) is 3.21. The third kappa shape index (κ3) is 3.25. The summed E-state index contributed by atoms with van der Waals surface area (Å²) in [5.74, 6) is -4.32. The molecule has 3 nitrogen and oxygen atoms in total. The highest BCUT2D eigenvalue weighted by Crippen LogP contribution is 2.32. The maximum atomic E-state index is 13.9. The van der Waals surface area contributed by atoms with Gasteiger partial charge in [0.15, 0.2) is 0 Å². The number of rotatable bonds is 3. The highest BCUT2D eigenvalue weighted by atomic mass is 32.1. The largest absolute Gasteiger partial charge is 0.316 e. The number of nitrogens with one attached hydrogen (secondary N) is 1. The zero-order valence-corrected chi connectivity index (χ0v) is 13.6. The molecule has 0 atom stereocenters. The van der Waals surface area contributed by atoms with Gasteiger partial charge >= 0.3 is 0 Å². The number of hydrogen-bond donors (Lipinski definition) is 1. The van der Waals surface area contributed by atoms with Gasteiger partial charge in [0.1, 0.15) is 38.8 Å². The van der Waals surface area contributed by atoms with Gasteiger partial charge in [0.2, 0.25) is 0 Å². The van der Waals surface area contributed by atoms with Crippen molar-refractivity contribution < 1.29 is 22.4 Å². The van der Waals surface area contributed by atoms with Gasteiger partial charge in [-0.05, 0) is 31.2 Å². The summed E-state index contributed by atoms with van der Waals surface area (Å²) in [4.78, 5) is 16.3. The monoisotopic (exact) mass is 366 g/mol. The molecule has 0 aliphatic carbocycles. The molecule has 0 fully saturated rings. The fourth-order valence-electron chi connectivity index (χ4n) is 2.20. The van der Waals surface area contributed by atoms with E-state index in [9.17, 15) is 22.4 Å². The van der Waals surface area contributed by atoms with Crippen molar-refractivity contribution >= 4 is 22.9 Å². The molecule has 0 saturated carbocycles. The maximum Gasteiger partial charge on any atom is 0.267 e. The molecule has 1 N–H and O–H groups in total. The van der Waals surface area contributed by atoms with Gasteiger partial charge in [-0.15, -0.1) is 11.3 Å². The summed E-state index contributed by atoms with van der Waals surface area (Å²) in [7, 11) is 0. The van der Waals surface area contributed by atoms with Crippen molar-refractivity contribution in [3.05, 3.63) is 70.2 Å². The quantitative estimate of drug-likeness (QED) is 0.668. The summed E-state index contributed by atoms with van der Waals surface area (Å²) < 4.78 is 55.0. The number of carbonyl (C=O) groups is 1. The van der Waals surface area contributed by atoms with Crippen molar-refractivity contribution in [2.75, 3.05) is 5.32 Å². The van der Waals surface area contributed by atoms with Crippen molar-refractivity contribution in [2.24, 2.45) is 0 Å². The Kier molecular flexibility index (Phi) is 4.54. The van der Waals surface area contributed by atoms with Crippen LogP contribution in [-0.2, 0) is 0 Å². The van der Waals surface area contributed by atoms with Crippen LogP contribution in [0.1, 0.15) is 15.4 Å². The predicted octanol–water partition coefficient (Wildman–Crippen LogP) is 4.93. The van der Waals surface area contributed by atoms with Crippen LogP contribution in [0.4, 0.5) is 23.2 Å². The average molecular weight is 366 g/mol. The summed E-state index contributed by atoms with van der Waals surface area (Å²) in [6, 6.07) is 6.52. The zero-order chi connectivity index (χ0) is 18.1. The number of aromatic nitrogens is 1. The Hall–Kier alpha value is -2.74. The van der Waals surface area contributed by atoms with Crippen LogP contribution < -0.4 is 5.32 Å². The van der Waals surface area contributed by atoms with E-state index < -0.39 is 34.9 Å². The van der Waals surface area contributed by atoms with E-state index in [1.807, 2.05) is 0 Å². The van der Waals surface area contributed by atoms with Crippen LogP contribution in [0.25, 0.3) is 10.6 Å². The van der Waals surface area contributed by atoms with Gasteiger partial charge in [-0.1, -0.05) is 12.1 Å². The second kappa shape index (κ2) is 6.64. The minimum Gasteiger partial charge on any atom is -0.316 e. The lowest BCUT2D eigenvalue weighted by molar-refractivity contribution is 0.102. The maximum absolute atomic E-state index is 13.9. The first-order valence-electron chi connectivity index (χ1n) is 7.05. The first-order valence-corrected chi connectivity index (χ1v) is 7.87. The number of carbonyl (C=O) groups excluding carboxylic acids is 1. The molecule has 0 unspecified atom stereocenters. The third-order valence-electron chi connectivity index (χ3n) is 3.38. The van der Waals surface area contributed by atoms with Crippen LogP contribution in [0, 0.1) is 30.2 Å². The standard InChI is InChI=1S/C17H10F4N2OS/c1-8-15(16(24)23-14-11(20)6-3-7-12(14)21)25-17(22-8)13-9(18)4-2-5-10(13)19/h2-7H,1H3,(H,23,24). The lowest BCUT2D eigenvalue weighted by Crippen LogP contribution is -2.14. The number of aryl methyl sites for hydroxylation is 1. The van der Waals surface area contributed by atoms with Crippen molar-refractivity contribution in [3.8, 4) is 10.6 Å². The molecule has 8 heteroatoms. The molecular weight excluding hydrogens is 356 g/mol. The molecule has 0 aliphatic rings. The Morgan fingerprint density at radius 3 is 2.04 bits per heavy atom. The normalized spacial score (nSPS) is 10.8. The van der Waals surface area contributed by atoms with Gasteiger partial charge in [-0.3, -0.25) is 4.79 Å². The van der Waals surface area contributed by atoms with E-state index in [1.165, 1.54) is 13.0 Å². The van der Waals surface area contributed by atoms with Gasteiger partial charge in [0, 0.05) is 0 Å². The van der Waals surface area contributed by atoms with Gasteiger partial charge < -0.3 is 5.32 Å². The Bertz CT molecular complexity index is 931. The highest BCUT2D eigenvalue weighted by Gasteiger charge is 2.22. The first-order chi connectivity index (χ1) is 11.9. The highest BCUT2D eigenvalue weighted by molar-refractivity contribution is 7.17. The number of amides is 1. The van der Waals surface area contributed by atoms with Crippen molar-refractivity contribution in [2.45, 2.75) is 6.92 Å². The molecule has 0 spiro atoms. The summed E-state index contributed by atoms with van der Waals surface area (Å²) in [6.07, 6.45) is 0. The number of benzene rings is 2. The summed E-state index contributed by atoms with van der Waals surface area (Å²) >= 11 is 0.732. The van der Waals surface area contributed by atoms with Crippen molar-refractivity contribution in [1.82, 2.24) is 4.98 Å². The lowest BCUT2D eigenvalue weighted by Gasteiger charge is -2.06. The van der Waals surface area contributed by atoms with E-state index in [-0.39, 0.29) is 21.1 Å². The number of halogens is 4. The fraction of sp³-hybridized carbons (Fsp3) is 0.0588. The van der Waals surface area contributed by atoms with Crippen LogP contribution in [0.15, 0.2) is 36.4 Å². The second-order valence-electron chi connectivity index (χ2n) is 5.08. The Labute approximate surface area is 144 Å². The minimum absolute atomic E-state index is 0.000283. The SMILES string of the molecule is Cc1nc(-c2c(F)cccc2F)sc1C(=O)Nc1c(F)cccc1F. The van der Waals surface area contributed by atoms with Crippen LogP contribution in [0.3, 0.4) is 0 Å². The summed E-state index contributed by atoms with van der Waals surface area (Å²) in [5, 5.41) is 2.09. The zero-order valence-electron chi connectivity index (χ0n) is 12.7. The molecular formula is C17H10F4N2OS. The molecule has 0 radical (unpaired) electrons. The molecule has 128 valence electrons. The van der Waals surface area contributed by atoms with Crippen LogP contribution >= 0.6 is 11.3 Å². The number of anilines is 1. The summed E-state index contributed by atoms with van der Waals surface area (Å²) in [5.41, 5.74) is -0.762. The molecule has 1 amide bonds. The smallest absolute Gasteiger partial charge is 0.267 e. The van der Waals surface area contributed by atoms with E-state index in [0.29, 0.717) is 0 Å². The number of para-hydroxylation sites is 1. The van der Waals surface area contributed by atoms with Gasteiger partial charge in [-0.2, -0.15) is 0 Å². The average Bonchev–Trinajstić information content (AvgIpc) is 2.92. The second-order valence-corrected chi connectivity index (χ2v) is 6.08. The van der Waals surface area contributed by atoms with E-state index in [2.05, 4.69) is 10.3 Å². The Morgan fingerprint density at radius 2 is 1.48 bits per heavy atom. The van der Waals surface area contributed by atoms with Gasteiger partial charge in [0.25, 0.3) is 5.91 Å². The molecule has 0 saturated heterocycles. The van der Waals surface area contributed by atoms with Crippen molar-refractivity contribution in [3.63, 3.8) is 0 Å².